The minimum atomic E-state index is -0.520. The second-order valence-electron chi connectivity index (χ2n) is 5.79. The van der Waals surface area contributed by atoms with E-state index in [4.69, 9.17) is 0 Å². The summed E-state index contributed by atoms with van der Waals surface area (Å²) >= 11 is 1.30. The van der Waals surface area contributed by atoms with Crippen LogP contribution in [-0.4, -0.2) is 41.7 Å². The molecule has 2 aliphatic rings. The van der Waals surface area contributed by atoms with Crippen LogP contribution in [0, 0.1) is 11.2 Å². The van der Waals surface area contributed by atoms with Crippen LogP contribution >= 0.6 is 11.3 Å². The summed E-state index contributed by atoms with van der Waals surface area (Å²) in [4.78, 5) is 18.4. The van der Waals surface area contributed by atoms with Crippen LogP contribution in [0.1, 0.15) is 6.42 Å². The molecule has 0 aliphatic carbocycles. The predicted octanol–water partition coefficient (Wildman–Crippen LogP) is 1.12. The van der Waals surface area contributed by atoms with Crippen LogP contribution in [0.25, 0.3) is 10.2 Å². The highest BCUT2D eigenvalue weighted by molar-refractivity contribution is 7.22. The van der Waals surface area contributed by atoms with Crippen molar-refractivity contribution >= 4 is 32.6 Å². The lowest BCUT2D eigenvalue weighted by Crippen LogP contribution is -2.67. The van der Waals surface area contributed by atoms with E-state index in [1.807, 2.05) is 4.90 Å². The minimum Gasteiger partial charge on any atom is -0.391 e. The number of β-amino-alcohol motifs (C(OH)–C–C–N with tert-alkyl or cyclic N) is 1. The molecule has 3 heterocycles. The fraction of sp³-hybridized carbons (Fsp3) is 0.429. The molecule has 2 aromatic rings. The highest BCUT2D eigenvalue weighted by atomic mass is 32.1. The maximum atomic E-state index is 13.7. The monoisotopic (exact) mass is 307 g/mol. The number of piperidine rings is 1. The van der Waals surface area contributed by atoms with Crippen LogP contribution in [-0.2, 0) is 4.79 Å². The van der Waals surface area contributed by atoms with Crippen molar-refractivity contribution in [3.8, 4) is 0 Å². The van der Waals surface area contributed by atoms with Gasteiger partial charge in [0.1, 0.15) is 5.82 Å². The third-order valence-electron chi connectivity index (χ3n) is 4.22. The molecule has 7 heteroatoms. The number of fused-ring (bicyclic) bond motifs is 1. The number of carbonyl (C=O) groups excluding carboxylic acids is 1. The second kappa shape index (κ2) is 4.38. The van der Waals surface area contributed by atoms with Gasteiger partial charge >= 0.3 is 0 Å². The molecule has 110 valence electrons. The van der Waals surface area contributed by atoms with Gasteiger partial charge in [0.2, 0.25) is 5.91 Å². The first-order chi connectivity index (χ1) is 10.1. The van der Waals surface area contributed by atoms with Crippen LogP contribution in [0.4, 0.5) is 9.52 Å². The third-order valence-corrected chi connectivity index (χ3v) is 5.36. The van der Waals surface area contributed by atoms with E-state index in [1.165, 1.54) is 17.4 Å². The summed E-state index contributed by atoms with van der Waals surface area (Å²) in [7, 11) is 0. The lowest BCUT2D eigenvalue weighted by molar-refractivity contribution is -0.139. The number of nitrogens with one attached hydrogen (secondary N) is 1. The SMILES string of the molecule is O=C1NCC(O)CC12CN(c1nc3cccc(F)c3s1)C2. The Morgan fingerprint density at radius 2 is 2.29 bits per heavy atom. The maximum absolute atomic E-state index is 13.7. The topological polar surface area (TPSA) is 65.5 Å². The van der Waals surface area contributed by atoms with E-state index in [0.717, 1.165) is 5.13 Å². The first-order valence-corrected chi connectivity index (χ1v) is 7.65. The number of amides is 1. The largest absolute Gasteiger partial charge is 0.391 e. The molecule has 1 unspecified atom stereocenters. The van der Waals surface area contributed by atoms with E-state index < -0.39 is 11.5 Å². The summed E-state index contributed by atoms with van der Waals surface area (Å²) in [6.45, 7) is 1.38. The van der Waals surface area contributed by atoms with Crippen molar-refractivity contribution in [2.45, 2.75) is 12.5 Å². The van der Waals surface area contributed by atoms with Crippen molar-refractivity contribution in [3.05, 3.63) is 24.0 Å². The summed E-state index contributed by atoms with van der Waals surface area (Å²) in [5, 5.41) is 13.2. The summed E-state index contributed by atoms with van der Waals surface area (Å²) < 4.78 is 14.2. The van der Waals surface area contributed by atoms with E-state index in [9.17, 15) is 14.3 Å². The van der Waals surface area contributed by atoms with Gasteiger partial charge in [0.25, 0.3) is 0 Å². The zero-order valence-corrected chi connectivity index (χ0v) is 12.0. The molecule has 1 aromatic carbocycles. The molecule has 2 saturated heterocycles. The summed E-state index contributed by atoms with van der Waals surface area (Å²) in [6, 6.07) is 4.85. The van der Waals surface area contributed by atoms with Crippen LogP contribution in [0.15, 0.2) is 18.2 Å². The molecular formula is C14H14FN3O2S. The van der Waals surface area contributed by atoms with E-state index in [2.05, 4.69) is 10.3 Å². The van der Waals surface area contributed by atoms with Gasteiger partial charge in [-0.2, -0.15) is 0 Å². The Labute approximate surface area is 124 Å². The number of anilines is 1. The van der Waals surface area contributed by atoms with Crippen molar-refractivity contribution in [2.24, 2.45) is 5.41 Å². The fourth-order valence-electron chi connectivity index (χ4n) is 3.15. The number of carbonyl (C=O) groups is 1. The molecule has 2 aliphatic heterocycles. The number of thiazole rings is 1. The van der Waals surface area contributed by atoms with E-state index in [-0.39, 0.29) is 11.7 Å². The highest BCUT2D eigenvalue weighted by Gasteiger charge is 2.53. The van der Waals surface area contributed by atoms with Crippen LogP contribution in [0.2, 0.25) is 0 Å². The molecule has 2 N–H and O–H groups in total. The molecule has 21 heavy (non-hydrogen) atoms. The molecule has 1 amide bonds. The molecule has 5 nitrogen and oxygen atoms in total. The van der Waals surface area contributed by atoms with Gasteiger partial charge in [-0.1, -0.05) is 17.4 Å². The summed E-state index contributed by atoms with van der Waals surface area (Å²) in [6.07, 6.45) is -0.00753. The van der Waals surface area contributed by atoms with Crippen LogP contribution in [0.3, 0.4) is 0 Å². The number of rotatable bonds is 1. The predicted molar refractivity (Wildman–Crippen MR) is 77.9 cm³/mol. The number of benzene rings is 1. The average molecular weight is 307 g/mol. The van der Waals surface area contributed by atoms with E-state index >= 15 is 0 Å². The number of aliphatic hydroxyl groups is 1. The number of hydrogen-bond acceptors (Lipinski definition) is 5. The fourth-order valence-corrected chi connectivity index (χ4v) is 4.11. The molecule has 4 rings (SSSR count). The third kappa shape index (κ3) is 1.91. The van der Waals surface area contributed by atoms with Gasteiger partial charge in [0, 0.05) is 19.6 Å². The lowest BCUT2D eigenvalue weighted by Gasteiger charge is -2.51. The molecule has 0 radical (unpaired) electrons. The first kappa shape index (κ1) is 13.0. The molecule has 1 aromatic heterocycles. The second-order valence-corrected chi connectivity index (χ2v) is 6.77. The van der Waals surface area contributed by atoms with Gasteiger partial charge in [0.05, 0.1) is 21.7 Å². The lowest BCUT2D eigenvalue weighted by atomic mass is 9.72. The molecule has 2 fully saturated rings. The molecular weight excluding hydrogens is 293 g/mol. The normalized spacial score (nSPS) is 24.2. The Morgan fingerprint density at radius 1 is 1.48 bits per heavy atom. The molecule has 1 atom stereocenters. The Balaban J connectivity index is 1.59. The number of nitrogens with zero attached hydrogens (tertiary/aromatic N) is 2. The van der Waals surface area contributed by atoms with Gasteiger partial charge in [-0.05, 0) is 18.6 Å². The van der Waals surface area contributed by atoms with Crippen molar-refractivity contribution in [2.75, 3.05) is 24.5 Å². The Hall–Kier alpha value is -1.73. The number of aliphatic hydroxyl groups excluding tert-OH is 1. The van der Waals surface area contributed by atoms with E-state index in [0.29, 0.717) is 36.3 Å². The van der Waals surface area contributed by atoms with Crippen LogP contribution < -0.4 is 10.2 Å². The first-order valence-electron chi connectivity index (χ1n) is 6.84. The Bertz CT molecular complexity index is 726. The van der Waals surface area contributed by atoms with E-state index in [1.54, 1.807) is 12.1 Å². The average Bonchev–Trinajstić information content (AvgIpc) is 2.84. The van der Waals surface area contributed by atoms with Gasteiger partial charge < -0.3 is 15.3 Å². The zero-order chi connectivity index (χ0) is 14.6. The maximum Gasteiger partial charge on any atom is 0.230 e. The Kier molecular flexibility index (Phi) is 2.71. The van der Waals surface area contributed by atoms with Gasteiger partial charge in [0.15, 0.2) is 5.13 Å². The molecule has 0 saturated carbocycles. The van der Waals surface area contributed by atoms with Crippen molar-refractivity contribution in [3.63, 3.8) is 0 Å². The Morgan fingerprint density at radius 3 is 3.05 bits per heavy atom. The highest BCUT2D eigenvalue weighted by Crippen LogP contribution is 2.42. The van der Waals surface area contributed by atoms with Crippen molar-refractivity contribution in [1.29, 1.82) is 0 Å². The quantitative estimate of drug-likeness (QED) is 0.829. The number of halogens is 1. The summed E-state index contributed by atoms with van der Waals surface area (Å²) in [5.41, 5.74) is 0.123. The van der Waals surface area contributed by atoms with Gasteiger partial charge in [-0.15, -0.1) is 0 Å². The zero-order valence-electron chi connectivity index (χ0n) is 11.2. The van der Waals surface area contributed by atoms with Crippen molar-refractivity contribution < 1.29 is 14.3 Å². The van der Waals surface area contributed by atoms with Crippen molar-refractivity contribution in [1.82, 2.24) is 10.3 Å². The smallest absolute Gasteiger partial charge is 0.230 e. The molecule has 0 bridgehead atoms. The summed E-state index contributed by atoms with van der Waals surface area (Å²) in [5.74, 6) is -0.270. The van der Waals surface area contributed by atoms with Crippen LogP contribution in [0.5, 0.6) is 0 Å². The minimum absolute atomic E-state index is 0.00339. The van der Waals surface area contributed by atoms with Gasteiger partial charge in [-0.25, -0.2) is 9.37 Å². The van der Waals surface area contributed by atoms with Gasteiger partial charge in [-0.3, -0.25) is 4.79 Å². The molecule has 1 spiro atoms. The standard InChI is InChI=1S/C14H14FN3O2S/c15-9-2-1-3-10-11(9)21-13(17-10)18-6-14(7-18)4-8(19)5-16-12(14)20/h1-3,8,19H,4-7H2,(H,16,20). The number of hydrogen-bond donors (Lipinski definition) is 2. The number of aromatic nitrogens is 1.